The number of amides is 1. The van der Waals surface area contributed by atoms with Gasteiger partial charge in [-0.1, -0.05) is 26.7 Å². The number of piperidine rings is 1. The van der Waals surface area contributed by atoms with Gasteiger partial charge >= 0.3 is 0 Å². The number of primary amides is 1. The molecule has 0 saturated carbocycles. The van der Waals surface area contributed by atoms with Gasteiger partial charge in [0.1, 0.15) is 0 Å². The molecule has 15 heavy (non-hydrogen) atoms. The lowest BCUT2D eigenvalue weighted by Crippen LogP contribution is -2.47. The fourth-order valence-electron chi connectivity index (χ4n) is 2.59. The Bertz CT molecular complexity index is 206. The van der Waals surface area contributed by atoms with Crippen molar-refractivity contribution < 1.29 is 4.79 Å². The Morgan fingerprint density at radius 3 is 2.93 bits per heavy atom. The number of hydrogen-bond acceptors (Lipinski definition) is 2. The van der Waals surface area contributed by atoms with Crippen molar-refractivity contribution in [3.05, 3.63) is 0 Å². The molecule has 3 heteroatoms. The van der Waals surface area contributed by atoms with Crippen LogP contribution in [0.1, 0.15) is 46.0 Å². The summed E-state index contributed by atoms with van der Waals surface area (Å²) in [5.41, 5.74) is 5.43. The van der Waals surface area contributed by atoms with E-state index in [1.165, 1.54) is 12.8 Å². The smallest absolute Gasteiger partial charge is 0.222 e. The second-order valence-corrected chi connectivity index (χ2v) is 4.84. The minimum atomic E-state index is -0.129. The molecule has 88 valence electrons. The maximum absolute atomic E-state index is 11.3. The minimum absolute atomic E-state index is 0.0538. The number of carbonyl (C=O) groups is 1. The van der Waals surface area contributed by atoms with Gasteiger partial charge in [-0.3, -0.25) is 4.79 Å². The van der Waals surface area contributed by atoms with E-state index >= 15 is 0 Å². The average Bonchev–Trinajstić information content (AvgIpc) is 2.18. The summed E-state index contributed by atoms with van der Waals surface area (Å²) in [4.78, 5) is 11.3. The lowest BCUT2D eigenvalue weighted by atomic mass is 9.84. The first-order valence-electron chi connectivity index (χ1n) is 6.17. The van der Waals surface area contributed by atoms with Crippen LogP contribution < -0.4 is 11.1 Å². The van der Waals surface area contributed by atoms with Gasteiger partial charge in [0.05, 0.1) is 5.92 Å². The standard InChI is InChI=1S/C12H24N2O/c1-3-5-9(2)8-11-10(12(13)15)6-4-7-14-11/h9-11,14H,3-8H2,1-2H3,(H2,13,15). The van der Waals surface area contributed by atoms with Crippen LogP contribution in [0, 0.1) is 11.8 Å². The summed E-state index contributed by atoms with van der Waals surface area (Å²) in [7, 11) is 0. The topological polar surface area (TPSA) is 55.1 Å². The minimum Gasteiger partial charge on any atom is -0.369 e. The molecule has 0 radical (unpaired) electrons. The molecule has 0 spiro atoms. The monoisotopic (exact) mass is 212 g/mol. The highest BCUT2D eigenvalue weighted by atomic mass is 16.1. The largest absolute Gasteiger partial charge is 0.369 e. The first-order valence-corrected chi connectivity index (χ1v) is 6.17. The zero-order valence-corrected chi connectivity index (χ0v) is 9.96. The van der Waals surface area contributed by atoms with Crippen LogP contribution in [0.5, 0.6) is 0 Å². The quantitative estimate of drug-likeness (QED) is 0.728. The highest BCUT2D eigenvalue weighted by Gasteiger charge is 2.29. The first-order chi connectivity index (χ1) is 7.15. The molecule has 3 unspecified atom stereocenters. The van der Waals surface area contributed by atoms with Crippen LogP contribution in [0.15, 0.2) is 0 Å². The molecule has 1 amide bonds. The molecule has 0 aromatic rings. The van der Waals surface area contributed by atoms with Crippen molar-refractivity contribution >= 4 is 5.91 Å². The molecule has 1 saturated heterocycles. The number of hydrogen-bond donors (Lipinski definition) is 2. The number of nitrogens with two attached hydrogens (primary N) is 1. The van der Waals surface area contributed by atoms with Crippen LogP contribution in [0.25, 0.3) is 0 Å². The molecule has 1 rings (SSSR count). The summed E-state index contributed by atoms with van der Waals surface area (Å²) in [5, 5.41) is 3.44. The Hall–Kier alpha value is -0.570. The fraction of sp³-hybridized carbons (Fsp3) is 0.917. The zero-order chi connectivity index (χ0) is 11.3. The summed E-state index contributed by atoms with van der Waals surface area (Å²) in [6.45, 7) is 5.50. The second-order valence-electron chi connectivity index (χ2n) is 4.84. The third kappa shape index (κ3) is 3.82. The van der Waals surface area contributed by atoms with E-state index in [0.29, 0.717) is 12.0 Å². The maximum Gasteiger partial charge on any atom is 0.222 e. The molecule has 3 nitrogen and oxygen atoms in total. The molecule has 3 atom stereocenters. The maximum atomic E-state index is 11.3. The summed E-state index contributed by atoms with van der Waals surface area (Å²) >= 11 is 0. The van der Waals surface area contributed by atoms with Crippen LogP contribution >= 0.6 is 0 Å². The van der Waals surface area contributed by atoms with Crippen molar-refractivity contribution in [2.24, 2.45) is 17.6 Å². The van der Waals surface area contributed by atoms with Crippen LogP contribution in [0.3, 0.4) is 0 Å². The lowest BCUT2D eigenvalue weighted by Gasteiger charge is -2.32. The third-order valence-electron chi connectivity index (χ3n) is 3.39. The van der Waals surface area contributed by atoms with Crippen molar-refractivity contribution in [2.75, 3.05) is 6.54 Å². The van der Waals surface area contributed by atoms with Gasteiger partial charge in [-0.2, -0.15) is 0 Å². The number of nitrogens with one attached hydrogen (secondary N) is 1. The molecular formula is C12H24N2O. The van der Waals surface area contributed by atoms with Crippen LogP contribution in [-0.2, 0) is 4.79 Å². The normalized spacial score (nSPS) is 28.7. The molecule has 0 aromatic carbocycles. The Morgan fingerprint density at radius 2 is 2.33 bits per heavy atom. The van der Waals surface area contributed by atoms with Crippen LogP contribution in [-0.4, -0.2) is 18.5 Å². The SMILES string of the molecule is CCCC(C)CC1NCCCC1C(N)=O. The van der Waals surface area contributed by atoms with Crippen LogP contribution in [0.4, 0.5) is 0 Å². The van der Waals surface area contributed by atoms with Crippen molar-refractivity contribution in [2.45, 2.75) is 52.0 Å². The van der Waals surface area contributed by atoms with E-state index in [4.69, 9.17) is 5.73 Å². The zero-order valence-electron chi connectivity index (χ0n) is 9.96. The Morgan fingerprint density at radius 1 is 1.60 bits per heavy atom. The van der Waals surface area contributed by atoms with E-state index in [1.54, 1.807) is 0 Å². The van der Waals surface area contributed by atoms with Crippen molar-refractivity contribution in [1.82, 2.24) is 5.32 Å². The van der Waals surface area contributed by atoms with Gasteiger partial charge in [-0.15, -0.1) is 0 Å². The van der Waals surface area contributed by atoms with Gasteiger partial charge in [-0.25, -0.2) is 0 Å². The molecule has 1 fully saturated rings. The van der Waals surface area contributed by atoms with Gasteiger partial charge in [0.15, 0.2) is 0 Å². The van der Waals surface area contributed by atoms with E-state index in [9.17, 15) is 4.79 Å². The third-order valence-corrected chi connectivity index (χ3v) is 3.39. The van der Waals surface area contributed by atoms with Gasteiger partial charge in [0, 0.05) is 6.04 Å². The van der Waals surface area contributed by atoms with Gasteiger partial charge in [0.2, 0.25) is 5.91 Å². The molecule has 1 aliphatic rings. The molecule has 1 aliphatic heterocycles. The van der Waals surface area contributed by atoms with E-state index < -0.39 is 0 Å². The van der Waals surface area contributed by atoms with E-state index in [0.717, 1.165) is 25.8 Å². The molecule has 0 bridgehead atoms. The first kappa shape index (κ1) is 12.5. The summed E-state index contributed by atoms with van der Waals surface area (Å²) in [5.74, 6) is 0.612. The van der Waals surface area contributed by atoms with Gasteiger partial charge in [0.25, 0.3) is 0 Å². The Labute approximate surface area is 92.8 Å². The predicted molar refractivity (Wildman–Crippen MR) is 62.4 cm³/mol. The highest BCUT2D eigenvalue weighted by molar-refractivity contribution is 5.77. The van der Waals surface area contributed by atoms with Gasteiger partial charge in [-0.05, 0) is 31.7 Å². The second kappa shape index (κ2) is 6.11. The van der Waals surface area contributed by atoms with E-state index in [1.807, 2.05) is 0 Å². The Balaban J connectivity index is 2.45. The van der Waals surface area contributed by atoms with E-state index in [-0.39, 0.29) is 11.8 Å². The highest BCUT2D eigenvalue weighted by Crippen LogP contribution is 2.23. The number of carbonyl (C=O) groups excluding carboxylic acids is 1. The summed E-state index contributed by atoms with van der Waals surface area (Å²) < 4.78 is 0. The van der Waals surface area contributed by atoms with Crippen molar-refractivity contribution in [3.8, 4) is 0 Å². The molecular weight excluding hydrogens is 188 g/mol. The van der Waals surface area contributed by atoms with Crippen molar-refractivity contribution in [1.29, 1.82) is 0 Å². The van der Waals surface area contributed by atoms with Gasteiger partial charge < -0.3 is 11.1 Å². The van der Waals surface area contributed by atoms with Crippen LogP contribution in [0.2, 0.25) is 0 Å². The average molecular weight is 212 g/mol. The summed E-state index contributed by atoms with van der Waals surface area (Å²) in [6.07, 6.45) is 5.58. The number of rotatable bonds is 5. The summed E-state index contributed by atoms with van der Waals surface area (Å²) in [6, 6.07) is 0.317. The lowest BCUT2D eigenvalue weighted by molar-refractivity contribution is -0.123. The molecule has 1 heterocycles. The predicted octanol–water partition coefficient (Wildman–Crippen LogP) is 1.67. The molecule has 0 aromatic heterocycles. The Kier molecular flexibility index (Phi) is 5.09. The molecule has 0 aliphatic carbocycles. The van der Waals surface area contributed by atoms with E-state index in [2.05, 4.69) is 19.2 Å². The fourth-order valence-corrected chi connectivity index (χ4v) is 2.59. The van der Waals surface area contributed by atoms with Crippen molar-refractivity contribution in [3.63, 3.8) is 0 Å². The molecule has 3 N–H and O–H groups in total.